The van der Waals surface area contributed by atoms with Gasteiger partial charge in [-0.15, -0.1) is 0 Å². The van der Waals surface area contributed by atoms with Crippen molar-refractivity contribution in [3.05, 3.63) is 0 Å². The molecule has 0 bridgehead atoms. The summed E-state index contributed by atoms with van der Waals surface area (Å²) in [5.41, 5.74) is 0. The predicted octanol–water partition coefficient (Wildman–Crippen LogP) is -1.41. The van der Waals surface area contributed by atoms with Gasteiger partial charge < -0.3 is 9.47 Å². The Bertz CT molecular complexity index is 287. The van der Waals surface area contributed by atoms with Crippen LogP contribution in [0, 0.1) is 0 Å². The highest BCUT2D eigenvalue weighted by Crippen LogP contribution is 2.03. The van der Waals surface area contributed by atoms with Crippen LogP contribution in [0.5, 0.6) is 0 Å². The summed E-state index contributed by atoms with van der Waals surface area (Å²) in [6, 6.07) is 0. The molecule has 0 fully saturated rings. The van der Waals surface area contributed by atoms with E-state index in [1.807, 2.05) is 0 Å². The minimum Gasteiger partial charge on any atom is -0.468 e. The fourth-order valence-electron chi connectivity index (χ4n) is 0.554. The number of esters is 2. The summed E-state index contributed by atoms with van der Waals surface area (Å²) in [6.45, 7) is 0. The Labute approximate surface area is 74.4 Å². The van der Waals surface area contributed by atoms with Crippen LogP contribution in [0.4, 0.5) is 0 Å². The first-order valence-electron chi connectivity index (χ1n) is 2.96. The highest BCUT2D eigenvalue weighted by Gasteiger charge is 2.40. The number of carbonyl (C=O) groups excluding carboxylic acids is 2. The second kappa shape index (κ2) is 4.19. The fourth-order valence-corrected chi connectivity index (χ4v) is 1.23. The zero-order chi connectivity index (χ0) is 10.6. The minimum absolute atomic E-state index is 0.878. The number of carbonyl (C=O) groups is 2. The Kier molecular flexibility index (Phi) is 3.82. The maximum absolute atomic E-state index is 10.7. The van der Waals surface area contributed by atoms with Crippen LogP contribution in [0.15, 0.2) is 0 Å². The average Bonchev–Trinajstić information content (AvgIpc) is 2.01. The average molecular weight is 212 g/mol. The molecule has 0 aromatic carbocycles. The summed E-state index contributed by atoms with van der Waals surface area (Å²) in [5.74, 6) is -2.79. The van der Waals surface area contributed by atoms with Gasteiger partial charge in [-0.05, 0) is 0 Å². The van der Waals surface area contributed by atoms with Gasteiger partial charge in [-0.25, -0.2) is 9.59 Å². The first-order valence-corrected chi connectivity index (χ1v) is 4.47. The lowest BCUT2D eigenvalue weighted by atomic mass is 10.4. The van der Waals surface area contributed by atoms with Gasteiger partial charge in [0.1, 0.15) is 0 Å². The Morgan fingerprint density at radius 1 is 1.15 bits per heavy atom. The molecule has 0 aliphatic carbocycles. The molecule has 76 valence electrons. The second-order valence-electron chi connectivity index (χ2n) is 1.94. The van der Waals surface area contributed by atoms with Gasteiger partial charge in [-0.1, -0.05) is 0 Å². The summed E-state index contributed by atoms with van der Waals surface area (Å²) in [7, 11) is -3.08. The highest BCUT2D eigenvalue weighted by atomic mass is 32.2. The van der Waals surface area contributed by atoms with Gasteiger partial charge in [0, 0.05) is 0 Å². The molecule has 0 saturated heterocycles. The summed E-state index contributed by atoms with van der Waals surface area (Å²) >= 11 is 0. The molecule has 0 radical (unpaired) electrons. The van der Waals surface area contributed by atoms with Crippen molar-refractivity contribution < 1.29 is 32.0 Å². The van der Waals surface area contributed by atoms with E-state index in [-0.39, 0.29) is 0 Å². The first-order chi connectivity index (χ1) is 5.84. The molecule has 0 rings (SSSR count). The normalized spacial score (nSPS) is 11.1. The van der Waals surface area contributed by atoms with Crippen molar-refractivity contribution in [2.24, 2.45) is 0 Å². The highest BCUT2D eigenvalue weighted by molar-refractivity contribution is 7.88. The lowest BCUT2D eigenvalue weighted by Crippen LogP contribution is -2.39. The van der Waals surface area contributed by atoms with Crippen molar-refractivity contribution in [3.8, 4) is 0 Å². The molecule has 0 aliphatic heterocycles. The van der Waals surface area contributed by atoms with Crippen LogP contribution in [0.25, 0.3) is 0 Å². The van der Waals surface area contributed by atoms with E-state index in [9.17, 15) is 18.0 Å². The summed E-state index contributed by atoms with van der Waals surface area (Å²) < 4.78 is 37.4. The van der Waals surface area contributed by atoms with Gasteiger partial charge in [0.05, 0.1) is 14.2 Å². The molecule has 1 N–H and O–H groups in total. The third-order valence-electron chi connectivity index (χ3n) is 1.13. The van der Waals surface area contributed by atoms with E-state index in [1.165, 1.54) is 0 Å². The van der Waals surface area contributed by atoms with Crippen molar-refractivity contribution in [3.63, 3.8) is 0 Å². The fraction of sp³-hybridized carbons (Fsp3) is 0.600. The number of hydrogen-bond donors (Lipinski definition) is 1. The lowest BCUT2D eigenvalue weighted by Gasteiger charge is -2.08. The van der Waals surface area contributed by atoms with Crippen LogP contribution < -0.4 is 0 Å². The van der Waals surface area contributed by atoms with Gasteiger partial charge in [0.15, 0.2) is 0 Å². The van der Waals surface area contributed by atoms with Crippen LogP contribution in [-0.2, 0) is 29.2 Å². The zero-order valence-electron chi connectivity index (χ0n) is 6.88. The van der Waals surface area contributed by atoms with Gasteiger partial charge in [0.2, 0.25) is 0 Å². The molecule has 0 atom stereocenters. The zero-order valence-corrected chi connectivity index (χ0v) is 7.70. The van der Waals surface area contributed by atoms with Crippen LogP contribution in [-0.4, -0.2) is 44.4 Å². The quantitative estimate of drug-likeness (QED) is 0.348. The van der Waals surface area contributed by atoms with Gasteiger partial charge in [-0.3, -0.25) is 4.55 Å². The molecule has 0 spiro atoms. The van der Waals surface area contributed by atoms with Gasteiger partial charge in [0.25, 0.3) is 15.4 Å². The molecular formula is C5H8O7S. The molecular weight excluding hydrogens is 204 g/mol. The molecule has 8 heteroatoms. The third-order valence-corrected chi connectivity index (χ3v) is 2.11. The molecule has 0 unspecified atom stereocenters. The smallest absolute Gasteiger partial charge is 0.338 e. The lowest BCUT2D eigenvalue weighted by molar-refractivity contribution is -0.150. The van der Waals surface area contributed by atoms with Crippen molar-refractivity contribution in [2.75, 3.05) is 14.2 Å². The minimum atomic E-state index is -4.84. The summed E-state index contributed by atoms with van der Waals surface area (Å²) in [5, 5.41) is -2.33. The molecule has 0 saturated carbocycles. The molecule has 0 heterocycles. The topological polar surface area (TPSA) is 107 Å². The Hall–Kier alpha value is -1.15. The van der Waals surface area contributed by atoms with Crippen LogP contribution in [0.1, 0.15) is 0 Å². The predicted molar refractivity (Wildman–Crippen MR) is 39.4 cm³/mol. The monoisotopic (exact) mass is 212 g/mol. The van der Waals surface area contributed by atoms with Crippen LogP contribution >= 0.6 is 0 Å². The largest absolute Gasteiger partial charge is 0.468 e. The standard InChI is InChI=1S/C5H8O7S/c1-11-4(6)3(5(7)12-2)13(8,9)10/h3H,1-2H3,(H,8,9,10). The maximum atomic E-state index is 10.7. The van der Waals surface area contributed by atoms with Crippen molar-refractivity contribution >= 4 is 22.1 Å². The molecule has 0 amide bonds. The number of ether oxygens (including phenoxy) is 2. The second-order valence-corrected chi connectivity index (χ2v) is 3.44. The van der Waals surface area contributed by atoms with Crippen LogP contribution in [0.3, 0.4) is 0 Å². The van der Waals surface area contributed by atoms with E-state index >= 15 is 0 Å². The maximum Gasteiger partial charge on any atom is 0.338 e. The van der Waals surface area contributed by atoms with Crippen molar-refractivity contribution in [1.82, 2.24) is 0 Å². The number of hydrogen-bond acceptors (Lipinski definition) is 6. The van der Waals surface area contributed by atoms with Crippen molar-refractivity contribution in [2.45, 2.75) is 5.25 Å². The molecule has 7 nitrogen and oxygen atoms in total. The number of rotatable bonds is 3. The molecule has 13 heavy (non-hydrogen) atoms. The summed E-state index contributed by atoms with van der Waals surface area (Å²) in [6.07, 6.45) is 0. The van der Waals surface area contributed by atoms with E-state index in [1.54, 1.807) is 0 Å². The number of methoxy groups -OCH3 is 2. The SMILES string of the molecule is COC(=O)C(C(=O)OC)S(=O)(=O)O. The van der Waals surface area contributed by atoms with E-state index in [4.69, 9.17) is 4.55 Å². The van der Waals surface area contributed by atoms with Crippen molar-refractivity contribution in [1.29, 1.82) is 0 Å². The van der Waals surface area contributed by atoms with E-state index in [0.29, 0.717) is 0 Å². The molecule has 0 aromatic heterocycles. The third kappa shape index (κ3) is 2.99. The van der Waals surface area contributed by atoms with Gasteiger partial charge in [-0.2, -0.15) is 8.42 Å². The Balaban J connectivity index is 5.00. The molecule has 0 aliphatic rings. The van der Waals surface area contributed by atoms with Crippen LogP contribution in [0.2, 0.25) is 0 Å². The molecule has 0 aromatic rings. The first kappa shape index (κ1) is 11.8. The van der Waals surface area contributed by atoms with E-state index < -0.39 is 27.3 Å². The van der Waals surface area contributed by atoms with E-state index in [0.717, 1.165) is 14.2 Å². The summed E-state index contributed by atoms with van der Waals surface area (Å²) in [4.78, 5) is 21.4. The van der Waals surface area contributed by atoms with Gasteiger partial charge >= 0.3 is 11.9 Å². The van der Waals surface area contributed by atoms with E-state index in [2.05, 4.69) is 9.47 Å². The Morgan fingerprint density at radius 3 is 1.62 bits per heavy atom. The Morgan fingerprint density at radius 2 is 1.46 bits per heavy atom.